The second kappa shape index (κ2) is 4.40. The van der Waals surface area contributed by atoms with Gasteiger partial charge < -0.3 is 15.8 Å². The van der Waals surface area contributed by atoms with Gasteiger partial charge in [-0.1, -0.05) is 6.58 Å². The molecule has 1 aliphatic rings. The molecule has 1 aromatic heterocycles. The highest BCUT2D eigenvalue weighted by Gasteiger charge is 2.28. The van der Waals surface area contributed by atoms with Crippen molar-refractivity contribution in [3.8, 4) is 5.88 Å². The Hall–Kier alpha value is -2.50. The summed E-state index contributed by atoms with van der Waals surface area (Å²) >= 11 is 0. The zero-order valence-corrected chi connectivity index (χ0v) is 10.2. The Kier molecular flexibility index (Phi) is 2.93. The molecule has 1 aromatic rings. The quantitative estimate of drug-likeness (QED) is 0.766. The summed E-state index contributed by atoms with van der Waals surface area (Å²) in [6.45, 7) is 5.33. The third-order valence-electron chi connectivity index (χ3n) is 2.55. The number of anilines is 2. The lowest BCUT2D eigenvalue weighted by Crippen LogP contribution is -2.35. The fraction of sp³-hybridized carbons (Fsp3) is 0.167. The largest absolute Gasteiger partial charge is 0.481 e. The maximum atomic E-state index is 11.9. The monoisotopic (exact) mass is 246 g/mol. The van der Waals surface area contributed by atoms with Crippen molar-refractivity contribution < 1.29 is 9.53 Å². The summed E-state index contributed by atoms with van der Waals surface area (Å²) in [5.41, 5.74) is 7.02. The molecule has 0 radical (unpaired) electrons. The number of carbonyl (C=O) groups excluding carboxylic acids is 1. The van der Waals surface area contributed by atoms with Crippen LogP contribution in [0.15, 0.2) is 36.3 Å². The number of carbonyl (C=O) groups is 1. The average molecular weight is 246 g/mol. The van der Waals surface area contributed by atoms with E-state index in [-0.39, 0.29) is 5.91 Å². The summed E-state index contributed by atoms with van der Waals surface area (Å²) in [5, 5.41) is 2.72. The smallest absolute Gasteiger partial charge is 0.274 e. The van der Waals surface area contributed by atoms with Gasteiger partial charge in [-0.2, -0.15) is 4.98 Å². The van der Waals surface area contributed by atoms with Crippen molar-refractivity contribution in [1.82, 2.24) is 4.98 Å². The summed E-state index contributed by atoms with van der Waals surface area (Å²) in [4.78, 5) is 17.8. The molecule has 18 heavy (non-hydrogen) atoms. The normalized spacial score (nSPS) is 16.8. The molecule has 1 aliphatic heterocycles. The molecule has 0 bridgehead atoms. The summed E-state index contributed by atoms with van der Waals surface area (Å²) in [6.07, 6.45) is 1.50. The molecule has 0 aliphatic carbocycles. The third-order valence-corrected chi connectivity index (χ3v) is 2.55. The zero-order valence-electron chi connectivity index (χ0n) is 10.2. The summed E-state index contributed by atoms with van der Waals surface area (Å²) in [6, 6.07) is 3.39. The number of allylic oxidation sites excluding steroid dienone is 1. The number of pyridine rings is 1. The molecular formula is C12H14N4O2. The van der Waals surface area contributed by atoms with Crippen LogP contribution in [0, 0.1) is 0 Å². The highest BCUT2D eigenvalue weighted by Crippen LogP contribution is 2.34. The highest BCUT2D eigenvalue weighted by atomic mass is 16.5. The Bertz CT molecular complexity index is 547. The number of fused-ring (bicyclic) bond motifs is 1. The summed E-state index contributed by atoms with van der Waals surface area (Å²) < 4.78 is 5.06. The van der Waals surface area contributed by atoms with Gasteiger partial charge in [0, 0.05) is 18.0 Å². The van der Waals surface area contributed by atoms with E-state index in [0.29, 0.717) is 28.8 Å². The van der Waals surface area contributed by atoms with Gasteiger partial charge in [-0.15, -0.1) is 0 Å². The number of ether oxygens (including phenoxy) is 1. The number of aromatic nitrogens is 1. The number of hydrogen-bond donors (Lipinski definition) is 2. The van der Waals surface area contributed by atoms with Crippen molar-refractivity contribution in [2.24, 2.45) is 5.73 Å². The topological polar surface area (TPSA) is 80.5 Å². The van der Waals surface area contributed by atoms with Gasteiger partial charge in [0.2, 0.25) is 5.88 Å². The predicted octanol–water partition coefficient (Wildman–Crippen LogP) is 1.18. The Morgan fingerprint density at radius 3 is 2.89 bits per heavy atom. The molecule has 3 N–H and O–H groups in total. The van der Waals surface area contributed by atoms with Crippen molar-refractivity contribution >= 4 is 17.4 Å². The number of rotatable bonds is 2. The van der Waals surface area contributed by atoms with Gasteiger partial charge >= 0.3 is 0 Å². The molecule has 0 unspecified atom stereocenters. The lowest BCUT2D eigenvalue weighted by molar-refractivity contribution is -0.113. The first-order valence-corrected chi connectivity index (χ1v) is 5.33. The van der Waals surface area contributed by atoms with Crippen LogP contribution in [-0.2, 0) is 4.79 Å². The van der Waals surface area contributed by atoms with Crippen LogP contribution in [0.2, 0.25) is 0 Å². The van der Waals surface area contributed by atoms with Crippen molar-refractivity contribution in [3.05, 3.63) is 36.3 Å². The zero-order chi connectivity index (χ0) is 13.3. The fourth-order valence-electron chi connectivity index (χ4n) is 1.77. The first kappa shape index (κ1) is 12.0. The first-order valence-electron chi connectivity index (χ1n) is 5.33. The molecule has 0 saturated heterocycles. The Morgan fingerprint density at radius 2 is 2.33 bits per heavy atom. The van der Waals surface area contributed by atoms with Crippen molar-refractivity contribution in [2.45, 2.75) is 6.92 Å². The van der Waals surface area contributed by atoms with E-state index >= 15 is 0 Å². The van der Waals surface area contributed by atoms with E-state index < -0.39 is 0 Å². The van der Waals surface area contributed by atoms with Crippen molar-refractivity contribution in [2.75, 3.05) is 17.3 Å². The van der Waals surface area contributed by atoms with Crippen LogP contribution in [0.25, 0.3) is 0 Å². The van der Waals surface area contributed by atoms with Gasteiger partial charge in [0.05, 0.1) is 12.8 Å². The minimum atomic E-state index is -0.283. The van der Waals surface area contributed by atoms with Crippen LogP contribution < -0.4 is 20.7 Å². The van der Waals surface area contributed by atoms with E-state index in [1.165, 1.54) is 13.3 Å². The van der Waals surface area contributed by atoms with Crippen LogP contribution in [-0.4, -0.2) is 18.0 Å². The van der Waals surface area contributed by atoms with Crippen LogP contribution in [0.1, 0.15) is 6.92 Å². The molecule has 1 amide bonds. The van der Waals surface area contributed by atoms with Gasteiger partial charge in [-0.3, -0.25) is 9.69 Å². The Balaban J connectivity index is 2.62. The van der Waals surface area contributed by atoms with E-state index in [9.17, 15) is 4.79 Å². The van der Waals surface area contributed by atoms with Crippen molar-refractivity contribution in [3.63, 3.8) is 0 Å². The van der Waals surface area contributed by atoms with E-state index in [2.05, 4.69) is 16.9 Å². The lowest BCUT2D eigenvalue weighted by Gasteiger charge is -2.29. The minimum Gasteiger partial charge on any atom is -0.481 e. The standard InChI is InChI=1S/C12H14N4O2/c1-4-16-10(7(2)13)12(17)14-8-5-6-9(18-3)15-11(8)16/h4-6H,1,13H2,2-3H3,(H,14,17)/b10-7-. The van der Waals surface area contributed by atoms with Gasteiger partial charge in [-0.05, 0) is 13.0 Å². The van der Waals surface area contributed by atoms with E-state index in [4.69, 9.17) is 10.5 Å². The molecule has 94 valence electrons. The lowest BCUT2D eigenvalue weighted by atomic mass is 10.2. The summed E-state index contributed by atoms with van der Waals surface area (Å²) in [7, 11) is 1.53. The number of nitrogens with two attached hydrogens (primary N) is 1. The number of nitrogens with one attached hydrogen (secondary N) is 1. The van der Waals surface area contributed by atoms with E-state index in [0.717, 1.165) is 0 Å². The SMILES string of the molecule is C=CN1/C(=C(/C)N)C(=O)Nc2ccc(OC)nc21. The second-order valence-corrected chi connectivity index (χ2v) is 3.76. The second-order valence-electron chi connectivity index (χ2n) is 3.76. The Labute approximate surface area is 105 Å². The molecule has 0 atom stereocenters. The first-order chi connectivity index (χ1) is 8.58. The van der Waals surface area contributed by atoms with Gasteiger partial charge in [0.1, 0.15) is 5.70 Å². The van der Waals surface area contributed by atoms with Crippen molar-refractivity contribution in [1.29, 1.82) is 0 Å². The highest BCUT2D eigenvalue weighted by molar-refractivity contribution is 6.11. The van der Waals surface area contributed by atoms with Crippen LogP contribution in [0.5, 0.6) is 5.88 Å². The maximum Gasteiger partial charge on any atom is 0.274 e. The van der Waals surface area contributed by atoms with Gasteiger partial charge in [0.15, 0.2) is 5.82 Å². The predicted molar refractivity (Wildman–Crippen MR) is 69.0 cm³/mol. The number of methoxy groups -OCH3 is 1. The van der Waals surface area contributed by atoms with Gasteiger partial charge in [-0.25, -0.2) is 0 Å². The molecule has 6 heteroatoms. The van der Waals surface area contributed by atoms with Crippen LogP contribution >= 0.6 is 0 Å². The molecule has 0 spiro atoms. The molecule has 2 rings (SSSR count). The molecule has 0 saturated carbocycles. The number of hydrogen-bond acceptors (Lipinski definition) is 5. The van der Waals surface area contributed by atoms with Crippen LogP contribution in [0.4, 0.5) is 11.5 Å². The van der Waals surface area contributed by atoms with Crippen LogP contribution in [0.3, 0.4) is 0 Å². The molecule has 0 aromatic carbocycles. The van der Waals surface area contributed by atoms with E-state index in [1.807, 2.05) is 0 Å². The maximum absolute atomic E-state index is 11.9. The van der Waals surface area contributed by atoms with Gasteiger partial charge in [0.25, 0.3) is 5.91 Å². The molecular weight excluding hydrogens is 232 g/mol. The third kappa shape index (κ3) is 1.77. The number of nitrogens with zero attached hydrogens (tertiary/aromatic N) is 2. The Morgan fingerprint density at radius 1 is 1.61 bits per heavy atom. The minimum absolute atomic E-state index is 0.283. The molecule has 6 nitrogen and oxygen atoms in total. The molecule has 0 fully saturated rings. The average Bonchev–Trinajstić information content (AvgIpc) is 2.36. The number of amides is 1. The summed E-state index contributed by atoms with van der Waals surface area (Å²) in [5.74, 6) is 0.698. The fourth-order valence-corrected chi connectivity index (χ4v) is 1.77. The molecule has 2 heterocycles. The van der Waals surface area contributed by atoms with E-state index in [1.54, 1.807) is 24.0 Å².